The van der Waals surface area contributed by atoms with Crippen LogP contribution in [0.1, 0.15) is 23.3 Å². The van der Waals surface area contributed by atoms with Crippen LogP contribution in [0.4, 0.5) is 0 Å². The van der Waals surface area contributed by atoms with Crippen LogP contribution in [-0.2, 0) is 9.84 Å². The van der Waals surface area contributed by atoms with Gasteiger partial charge in [0.15, 0.2) is 15.6 Å². The van der Waals surface area contributed by atoms with Crippen molar-refractivity contribution in [2.24, 2.45) is 0 Å². The summed E-state index contributed by atoms with van der Waals surface area (Å²) in [5.41, 5.74) is 0.522. The highest BCUT2D eigenvalue weighted by molar-refractivity contribution is 7.92. The van der Waals surface area contributed by atoms with Crippen LogP contribution in [0, 0.1) is 0 Å². The first-order chi connectivity index (χ1) is 6.48. The van der Waals surface area contributed by atoms with Crippen LogP contribution < -0.4 is 0 Å². The van der Waals surface area contributed by atoms with Crippen molar-refractivity contribution in [1.29, 1.82) is 0 Å². The van der Waals surface area contributed by atoms with Gasteiger partial charge in [-0.1, -0.05) is 0 Å². The van der Waals surface area contributed by atoms with E-state index in [1.807, 2.05) is 0 Å². The van der Waals surface area contributed by atoms with Crippen molar-refractivity contribution < 1.29 is 13.2 Å². The van der Waals surface area contributed by atoms with Crippen molar-refractivity contribution in [3.05, 3.63) is 18.0 Å². The van der Waals surface area contributed by atoms with Crippen molar-refractivity contribution in [2.75, 3.05) is 11.5 Å². The number of hydrogen-bond donors (Lipinski definition) is 0. The number of aromatic nitrogens is 2. The van der Waals surface area contributed by atoms with Crippen LogP contribution in [0.5, 0.6) is 0 Å². The van der Waals surface area contributed by atoms with Gasteiger partial charge in [0.1, 0.15) is 0 Å². The minimum absolute atomic E-state index is 0.0570. The zero-order valence-electron chi connectivity index (χ0n) is 7.67. The van der Waals surface area contributed by atoms with Crippen LogP contribution in [0.15, 0.2) is 12.4 Å². The summed E-state index contributed by atoms with van der Waals surface area (Å²) in [6, 6.07) is -0.0897. The maximum absolute atomic E-state index is 10.9. The molecule has 6 heteroatoms. The highest BCUT2D eigenvalue weighted by atomic mass is 32.2. The van der Waals surface area contributed by atoms with Crippen molar-refractivity contribution in [2.45, 2.75) is 13.0 Å². The number of nitrogens with zero attached hydrogens (tertiary/aromatic N) is 2. The van der Waals surface area contributed by atoms with E-state index in [2.05, 4.69) is 5.10 Å². The average Bonchev–Trinajstić information content (AvgIpc) is 2.47. The van der Waals surface area contributed by atoms with Gasteiger partial charge in [-0.25, -0.2) is 8.42 Å². The highest BCUT2D eigenvalue weighted by Gasteiger charge is 2.35. The van der Waals surface area contributed by atoms with Gasteiger partial charge in [0.25, 0.3) is 0 Å². The molecule has 1 aromatic rings. The van der Waals surface area contributed by atoms with E-state index in [1.165, 1.54) is 13.1 Å². The molecule has 2 heterocycles. The quantitative estimate of drug-likeness (QED) is 0.652. The molecule has 5 nitrogen and oxygen atoms in total. The van der Waals surface area contributed by atoms with Gasteiger partial charge in [-0.15, -0.1) is 0 Å². The van der Waals surface area contributed by atoms with Gasteiger partial charge in [-0.05, 0) is 6.92 Å². The molecule has 0 bridgehead atoms. The molecular weight excluding hydrogens is 204 g/mol. The van der Waals surface area contributed by atoms with E-state index in [0.29, 0.717) is 5.56 Å². The molecule has 1 aliphatic rings. The monoisotopic (exact) mass is 214 g/mol. The second-order valence-electron chi connectivity index (χ2n) is 3.50. The lowest BCUT2D eigenvalue weighted by Gasteiger charge is -2.25. The third kappa shape index (κ3) is 1.57. The van der Waals surface area contributed by atoms with Crippen LogP contribution in [0.25, 0.3) is 0 Å². The fourth-order valence-electron chi connectivity index (χ4n) is 1.41. The lowest BCUT2D eigenvalue weighted by molar-refractivity contribution is 0.101. The molecular formula is C8H10N2O3S. The average molecular weight is 214 g/mol. The third-order valence-corrected chi connectivity index (χ3v) is 4.06. The molecule has 0 saturated carbocycles. The molecule has 1 fully saturated rings. The number of ketones is 1. The van der Waals surface area contributed by atoms with Crippen molar-refractivity contribution in [3.8, 4) is 0 Å². The Morgan fingerprint density at radius 1 is 1.57 bits per heavy atom. The molecule has 0 unspecified atom stereocenters. The van der Waals surface area contributed by atoms with E-state index in [0.717, 1.165) is 0 Å². The van der Waals surface area contributed by atoms with Crippen molar-refractivity contribution in [3.63, 3.8) is 0 Å². The molecule has 0 N–H and O–H groups in total. The number of sulfone groups is 1. The Labute approximate surface area is 81.6 Å². The number of carbonyl (C=O) groups is 1. The molecule has 0 aromatic carbocycles. The molecule has 14 heavy (non-hydrogen) atoms. The van der Waals surface area contributed by atoms with Gasteiger partial charge < -0.3 is 0 Å². The summed E-state index contributed by atoms with van der Waals surface area (Å²) in [4.78, 5) is 10.9. The second kappa shape index (κ2) is 2.91. The number of hydrogen-bond acceptors (Lipinski definition) is 4. The maximum Gasteiger partial charge on any atom is 0.162 e. The Hall–Kier alpha value is -1.17. The molecule has 1 aliphatic heterocycles. The van der Waals surface area contributed by atoms with Gasteiger partial charge in [0.2, 0.25) is 0 Å². The summed E-state index contributed by atoms with van der Waals surface area (Å²) in [5.74, 6) is 0.205. The number of Topliss-reactive ketones (excluding diaryl/α,β-unsaturated/α-hetero) is 1. The Balaban J connectivity index is 2.16. The molecule has 0 radical (unpaired) electrons. The summed E-state index contributed by atoms with van der Waals surface area (Å²) in [7, 11) is -2.84. The Bertz CT molecular complexity index is 463. The van der Waals surface area contributed by atoms with E-state index < -0.39 is 9.84 Å². The van der Waals surface area contributed by atoms with Gasteiger partial charge in [0, 0.05) is 6.20 Å². The Morgan fingerprint density at radius 3 is 2.64 bits per heavy atom. The van der Waals surface area contributed by atoms with Crippen LogP contribution in [0.2, 0.25) is 0 Å². The standard InChI is InChI=1S/C8H10N2O3S/c1-6(11)7-2-9-10(3-7)8-4-14(12,13)5-8/h2-3,8H,4-5H2,1H3. The van der Waals surface area contributed by atoms with E-state index in [1.54, 1.807) is 10.9 Å². The number of rotatable bonds is 2. The maximum atomic E-state index is 10.9. The first-order valence-electron chi connectivity index (χ1n) is 4.23. The molecule has 0 aliphatic carbocycles. The normalized spacial score (nSPS) is 20.4. The predicted octanol–water partition coefficient (Wildman–Crippen LogP) is 0.0552. The zero-order chi connectivity index (χ0) is 10.3. The van der Waals surface area contributed by atoms with Gasteiger partial charge >= 0.3 is 0 Å². The third-order valence-electron chi connectivity index (χ3n) is 2.27. The molecule has 0 spiro atoms. The first-order valence-corrected chi connectivity index (χ1v) is 6.05. The fraction of sp³-hybridized carbons (Fsp3) is 0.500. The lowest BCUT2D eigenvalue weighted by atomic mass is 10.3. The van der Waals surface area contributed by atoms with Crippen molar-refractivity contribution in [1.82, 2.24) is 9.78 Å². The largest absolute Gasteiger partial charge is 0.294 e. The Kier molecular flexibility index (Phi) is 1.95. The zero-order valence-corrected chi connectivity index (χ0v) is 8.49. The molecule has 0 amide bonds. The summed E-state index contributed by atoms with van der Waals surface area (Å²) in [6.07, 6.45) is 3.06. The van der Waals surface area contributed by atoms with E-state index in [9.17, 15) is 13.2 Å². The lowest BCUT2D eigenvalue weighted by Crippen LogP contribution is -2.38. The molecule has 0 atom stereocenters. The smallest absolute Gasteiger partial charge is 0.162 e. The van der Waals surface area contributed by atoms with Crippen LogP contribution in [0.3, 0.4) is 0 Å². The SMILES string of the molecule is CC(=O)c1cnn(C2CS(=O)(=O)C2)c1. The van der Waals surface area contributed by atoms with E-state index in [4.69, 9.17) is 0 Å². The van der Waals surface area contributed by atoms with E-state index in [-0.39, 0.29) is 23.3 Å². The predicted molar refractivity (Wildman–Crippen MR) is 49.9 cm³/mol. The molecule has 1 aromatic heterocycles. The topological polar surface area (TPSA) is 69.0 Å². The summed E-state index contributed by atoms with van der Waals surface area (Å²) in [6.45, 7) is 1.46. The minimum Gasteiger partial charge on any atom is -0.294 e. The molecule has 1 saturated heterocycles. The fourth-order valence-corrected chi connectivity index (χ4v) is 2.79. The summed E-state index contributed by atoms with van der Waals surface area (Å²) >= 11 is 0. The van der Waals surface area contributed by atoms with Crippen molar-refractivity contribution >= 4 is 15.6 Å². The molecule has 76 valence electrons. The van der Waals surface area contributed by atoms with Gasteiger partial charge in [-0.2, -0.15) is 5.10 Å². The number of carbonyl (C=O) groups excluding carboxylic acids is 1. The van der Waals surface area contributed by atoms with E-state index >= 15 is 0 Å². The molecule has 2 rings (SSSR count). The van der Waals surface area contributed by atoms with Gasteiger partial charge in [-0.3, -0.25) is 9.48 Å². The van der Waals surface area contributed by atoms with Gasteiger partial charge in [0.05, 0.1) is 29.3 Å². The summed E-state index contributed by atoms with van der Waals surface area (Å²) in [5, 5.41) is 3.96. The summed E-state index contributed by atoms with van der Waals surface area (Å²) < 4.78 is 23.4. The first kappa shape index (κ1) is 9.39. The Morgan fingerprint density at radius 2 is 2.21 bits per heavy atom. The van der Waals surface area contributed by atoms with Crippen LogP contribution >= 0.6 is 0 Å². The van der Waals surface area contributed by atoms with Crippen LogP contribution in [-0.4, -0.2) is 35.5 Å². The second-order valence-corrected chi connectivity index (χ2v) is 5.65. The minimum atomic E-state index is -2.84. The highest BCUT2D eigenvalue weighted by Crippen LogP contribution is 2.22.